The van der Waals surface area contributed by atoms with Gasteiger partial charge in [-0.25, -0.2) is 0 Å². The minimum absolute atomic E-state index is 0.220. The summed E-state index contributed by atoms with van der Waals surface area (Å²) < 4.78 is 18.0. The molecular formula is C21H41NO3. The Balaban J connectivity index is 4.79. The molecule has 0 aliphatic rings. The average Bonchev–Trinajstić information content (AvgIpc) is 2.60. The Morgan fingerprint density at radius 2 is 1.20 bits per heavy atom. The monoisotopic (exact) mass is 355 g/mol. The van der Waals surface area contributed by atoms with E-state index >= 15 is 0 Å². The summed E-state index contributed by atoms with van der Waals surface area (Å²) in [5.41, 5.74) is 0. The molecule has 0 saturated carbocycles. The smallest absolute Gasteiger partial charge is 0.285 e. The molecule has 4 nitrogen and oxygen atoms in total. The molecule has 1 unspecified atom stereocenters. The quantitative estimate of drug-likeness (QED) is 0.217. The highest BCUT2D eigenvalue weighted by molar-refractivity contribution is 4.75. The van der Waals surface area contributed by atoms with Gasteiger partial charge in [-0.2, -0.15) is 5.26 Å². The molecule has 4 heteroatoms. The molecule has 148 valence electrons. The SMILES string of the molecule is CCCCCCCCC(CCCCC#N)C(OCC)(OCC)OCC. The van der Waals surface area contributed by atoms with Crippen molar-refractivity contribution in [3.05, 3.63) is 0 Å². The summed E-state index contributed by atoms with van der Waals surface area (Å²) in [6.45, 7) is 9.94. The van der Waals surface area contributed by atoms with Gasteiger partial charge < -0.3 is 14.2 Å². The molecule has 25 heavy (non-hydrogen) atoms. The van der Waals surface area contributed by atoms with Crippen molar-refractivity contribution < 1.29 is 14.2 Å². The van der Waals surface area contributed by atoms with E-state index in [0.717, 1.165) is 25.7 Å². The van der Waals surface area contributed by atoms with Gasteiger partial charge in [-0.05, 0) is 40.0 Å². The normalized spacial score (nSPS) is 12.9. The van der Waals surface area contributed by atoms with Crippen LogP contribution < -0.4 is 0 Å². The number of nitriles is 1. The lowest BCUT2D eigenvalue weighted by Gasteiger charge is -2.39. The van der Waals surface area contributed by atoms with Crippen LogP contribution in [0.4, 0.5) is 0 Å². The van der Waals surface area contributed by atoms with E-state index < -0.39 is 5.97 Å². The zero-order valence-corrected chi connectivity index (χ0v) is 17.1. The molecule has 1 atom stereocenters. The summed E-state index contributed by atoms with van der Waals surface area (Å²) in [5, 5.41) is 8.76. The maximum absolute atomic E-state index is 8.76. The van der Waals surface area contributed by atoms with Crippen LogP contribution in [0.2, 0.25) is 0 Å². The van der Waals surface area contributed by atoms with Gasteiger partial charge in [0.25, 0.3) is 5.97 Å². The van der Waals surface area contributed by atoms with Crippen LogP contribution in [-0.4, -0.2) is 25.8 Å². The molecule has 0 aliphatic heterocycles. The van der Waals surface area contributed by atoms with Crippen molar-refractivity contribution in [2.45, 2.75) is 104 Å². The highest BCUT2D eigenvalue weighted by Gasteiger charge is 2.41. The van der Waals surface area contributed by atoms with Gasteiger partial charge in [-0.3, -0.25) is 0 Å². The highest BCUT2D eigenvalue weighted by Crippen LogP contribution is 2.34. The first-order valence-electron chi connectivity index (χ1n) is 10.5. The molecule has 0 aliphatic carbocycles. The lowest BCUT2D eigenvalue weighted by atomic mass is 9.92. The Morgan fingerprint density at radius 3 is 1.68 bits per heavy atom. The van der Waals surface area contributed by atoms with Gasteiger partial charge >= 0.3 is 0 Å². The van der Waals surface area contributed by atoms with E-state index in [9.17, 15) is 0 Å². The largest absolute Gasteiger partial charge is 0.328 e. The molecule has 0 aromatic rings. The molecule has 0 amide bonds. The predicted octanol–water partition coefficient (Wildman–Crippen LogP) is 6.20. The van der Waals surface area contributed by atoms with Gasteiger partial charge in [-0.1, -0.05) is 51.9 Å². The van der Waals surface area contributed by atoms with Crippen LogP contribution in [0, 0.1) is 17.2 Å². The molecular weight excluding hydrogens is 314 g/mol. The second kappa shape index (κ2) is 16.8. The molecule has 0 bridgehead atoms. The first-order valence-corrected chi connectivity index (χ1v) is 10.5. The maximum Gasteiger partial charge on any atom is 0.285 e. The Kier molecular flexibility index (Phi) is 16.4. The van der Waals surface area contributed by atoms with Crippen LogP contribution in [0.1, 0.15) is 98.3 Å². The standard InChI is InChI=1S/C21H41NO3/c1-5-9-10-11-12-14-17-20(18-15-13-16-19-22)21(23-6-2,24-7-3)25-8-4/h20H,5-18H2,1-4H3. The first kappa shape index (κ1) is 24.4. The number of nitrogens with zero attached hydrogens (tertiary/aromatic N) is 1. The van der Waals surface area contributed by atoms with Crippen LogP contribution in [0.5, 0.6) is 0 Å². The zero-order chi connectivity index (χ0) is 18.8. The third kappa shape index (κ3) is 10.8. The Hall–Kier alpha value is -0.630. The average molecular weight is 356 g/mol. The minimum Gasteiger partial charge on any atom is -0.328 e. The summed E-state index contributed by atoms with van der Waals surface area (Å²) in [6, 6.07) is 2.23. The number of ether oxygens (including phenoxy) is 3. The molecule has 0 saturated heterocycles. The summed E-state index contributed by atoms with van der Waals surface area (Å²) in [7, 11) is 0. The third-order valence-corrected chi connectivity index (χ3v) is 4.53. The van der Waals surface area contributed by atoms with Gasteiger partial charge in [-0.15, -0.1) is 0 Å². The Labute approximate surface area is 156 Å². The van der Waals surface area contributed by atoms with Gasteiger partial charge in [0.15, 0.2) is 0 Å². The lowest BCUT2D eigenvalue weighted by molar-refractivity contribution is -0.403. The van der Waals surface area contributed by atoms with Crippen molar-refractivity contribution in [2.75, 3.05) is 19.8 Å². The highest BCUT2D eigenvalue weighted by atomic mass is 16.9. The molecule has 0 radical (unpaired) electrons. The van der Waals surface area contributed by atoms with E-state index in [0.29, 0.717) is 26.2 Å². The summed E-state index contributed by atoms with van der Waals surface area (Å²) in [6.07, 6.45) is 12.3. The molecule has 0 fully saturated rings. The minimum atomic E-state index is -0.922. The maximum atomic E-state index is 8.76. The topological polar surface area (TPSA) is 51.5 Å². The number of rotatable bonds is 18. The van der Waals surface area contributed by atoms with E-state index in [1.54, 1.807) is 0 Å². The van der Waals surface area contributed by atoms with Crippen molar-refractivity contribution in [2.24, 2.45) is 5.92 Å². The summed E-state index contributed by atoms with van der Waals surface area (Å²) >= 11 is 0. The van der Waals surface area contributed by atoms with Crippen molar-refractivity contribution in [3.63, 3.8) is 0 Å². The lowest BCUT2D eigenvalue weighted by Crippen LogP contribution is -2.46. The van der Waals surface area contributed by atoms with Crippen molar-refractivity contribution in [1.29, 1.82) is 5.26 Å². The zero-order valence-electron chi connectivity index (χ0n) is 17.1. The van der Waals surface area contributed by atoms with Gasteiger partial charge in [0.2, 0.25) is 0 Å². The van der Waals surface area contributed by atoms with Gasteiger partial charge in [0.1, 0.15) is 0 Å². The van der Waals surface area contributed by atoms with Crippen LogP contribution in [-0.2, 0) is 14.2 Å². The van der Waals surface area contributed by atoms with Gasteiger partial charge in [0.05, 0.1) is 6.07 Å². The third-order valence-electron chi connectivity index (χ3n) is 4.53. The van der Waals surface area contributed by atoms with Crippen LogP contribution in [0.3, 0.4) is 0 Å². The van der Waals surface area contributed by atoms with Crippen LogP contribution in [0.15, 0.2) is 0 Å². The van der Waals surface area contributed by atoms with Crippen LogP contribution >= 0.6 is 0 Å². The van der Waals surface area contributed by atoms with E-state index in [1.807, 2.05) is 20.8 Å². The van der Waals surface area contributed by atoms with E-state index in [1.165, 1.54) is 38.5 Å². The van der Waals surface area contributed by atoms with E-state index in [2.05, 4.69) is 13.0 Å². The second-order valence-corrected chi connectivity index (χ2v) is 6.56. The number of unbranched alkanes of at least 4 members (excludes halogenated alkanes) is 7. The van der Waals surface area contributed by atoms with Gasteiger partial charge in [0, 0.05) is 32.2 Å². The molecule has 0 spiro atoms. The molecule has 0 N–H and O–H groups in total. The molecule has 0 aromatic carbocycles. The fourth-order valence-corrected chi connectivity index (χ4v) is 3.35. The first-order chi connectivity index (χ1) is 12.2. The molecule has 0 rings (SSSR count). The molecule has 0 aromatic heterocycles. The Morgan fingerprint density at radius 1 is 0.720 bits per heavy atom. The van der Waals surface area contributed by atoms with E-state index in [-0.39, 0.29) is 5.92 Å². The van der Waals surface area contributed by atoms with Crippen LogP contribution in [0.25, 0.3) is 0 Å². The number of hydrogen-bond donors (Lipinski definition) is 0. The molecule has 0 heterocycles. The van der Waals surface area contributed by atoms with Crippen molar-refractivity contribution >= 4 is 0 Å². The summed E-state index contributed by atoms with van der Waals surface area (Å²) in [5.74, 6) is -0.703. The predicted molar refractivity (Wildman–Crippen MR) is 103 cm³/mol. The van der Waals surface area contributed by atoms with E-state index in [4.69, 9.17) is 19.5 Å². The fourth-order valence-electron chi connectivity index (χ4n) is 3.35. The van der Waals surface area contributed by atoms with Crippen molar-refractivity contribution in [1.82, 2.24) is 0 Å². The second-order valence-electron chi connectivity index (χ2n) is 6.56. The summed E-state index contributed by atoms with van der Waals surface area (Å²) in [4.78, 5) is 0. The Bertz CT molecular complexity index is 311. The fraction of sp³-hybridized carbons (Fsp3) is 0.952. The number of hydrogen-bond acceptors (Lipinski definition) is 4. The van der Waals surface area contributed by atoms with Crippen molar-refractivity contribution in [3.8, 4) is 6.07 Å².